The summed E-state index contributed by atoms with van der Waals surface area (Å²) >= 11 is 0. The average Bonchev–Trinajstić information content (AvgIpc) is 3.12. The second kappa shape index (κ2) is 10.7. The number of hydrogen-bond acceptors (Lipinski definition) is 6. The van der Waals surface area contributed by atoms with Crippen LogP contribution in [-0.2, 0) is 26.5 Å². The van der Waals surface area contributed by atoms with Crippen molar-refractivity contribution in [1.82, 2.24) is 9.97 Å². The lowest BCUT2D eigenvalue weighted by molar-refractivity contribution is -0.266. The average molecular weight is 562 g/mol. The molecule has 1 atom stereocenters. The summed E-state index contributed by atoms with van der Waals surface area (Å²) in [5.74, 6) is -2.62. The Morgan fingerprint density at radius 3 is 2.21 bits per heavy atom. The highest BCUT2D eigenvalue weighted by atomic mass is 32.2. The number of pyridine rings is 1. The molecule has 5 N–H and O–H groups in total. The molecule has 208 valence electrons. The maximum absolute atomic E-state index is 14.1. The molecule has 38 heavy (non-hydrogen) atoms. The molecule has 2 aromatic heterocycles. The number of nitrogens with two attached hydrogens (primary N) is 1. The van der Waals surface area contributed by atoms with E-state index < -0.39 is 57.6 Å². The molecule has 0 fully saturated rings. The quantitative estimate of drug-likeness (QED) is 0.321. The lowest BCUT2D eigenvalue weighted by Gasteiger charge is -2.38. The number of aromatic amines is 1. The van der Waals surface area contributed by atoms with Gasteiger partial charge in [-0.25, -0.2) is 17.8 Å². The predicted molar refractivity (Wildman–Crippen MR) is 130 cm³/mol. The topological polar surface area (TPSA) is 163 Å². The van der Waals surface area contributed by atoms with Crippen molar-refractivity contribution >= 4 is 32.6 Å². The summed E-state index contributed by atoms with van der Waals surface area (Å²) < 4.78 is 79.4. The number of rotatable bonds is 7. The first-order valence-corrected chi connectivity index (χ1v) is 12.8. The molecule has 0 unspecified atom stereocenters. The van der Waals surface area contributed by atoms with Gasteiger partial charge in [-0.3, -0.25) is 9.59 Å². The Morgan fingerprint density at radius 2 is 1.71 bits per heavy atom. The molecule has 0 spiro atoms. The molecular formula is C24H27F4N3O6S. The third-order valence-corrected chi connectivity index (χ3v) is 6.62. The molecule has 0 aliphatic carbocycles. The van der Waals surface area contributed by atoms with Crippen LogP contribution >= 0.6 is 0 Å². The van der Waals surface area contributed by atoms with E-state index >= 15 is 0 Å². The van der Waals surface area contributed by atoms with Crippen molar-refractivity contribution in [2.75, 3.05) is 6.26 Å². The minimum atomic E-state index is -5.08. The van der Waals surface area contributed by atoms with Gasteiger partial charge in [0.1, 0.15) is 5.82 Å². The molecular weight excluding hydrogens is 534 g/mol. The molecule has 9 nitrogen and oxygen atoms in total. The van der Waals surface area contributed by atoms with E-state index in [2.05, 4.69) is 9.97 Å². The molecule has 14 heteroatoms. The summed E-state index contributed by atoms with van der Waals surface area (Å²) in [5.41, 5.74) is 0.659. The van der Waals surface area contributed by atoms with Gasteiger partial charge in [-0.2, -0.15) is 13.2 Å². The Kier molecular flexibility index (Phi) is 8.64. The Balaban J connectivity index is 0.00000118. The van der Waals surface area contributed by atoms with E-state index in [-0.39, 0.29) is 21.8 Å². The number of carbonyl (C=O) groups excluding carboxylic acids is 1. The summed E-state index contributed by atoms with van der Waals surface area (Å²) in [6.45, 7) is 3.85. The number of sulfone groups is 1. The zero-order valence-corrected chi connectivity index (χ0v) is 21.7. The number of fused-ring (bicyclic) bond motifs is 1. The first-order chi connectivity index (χ1) is 17.2. The number of hydrogen-bond donors (Lipinski definition) is 4. The molecule has 0 saturated carbocycles. The van der Waals surface area contributed by atoms with Crippen molar-refractivity contribution in [1.29, 1.82) is 0 Å². The number of aliphatic hydroxyl groups is 1. The molecule has 3 aromatic rings. The van der Waals surface area contributed by atoms with Crippen molar-refractivity contribution in [3.8, 4) is 0 Å². The summed E-state index contributed by atoms with van der Waals surface area (Å²) in [5, 5.41) is 18.3. The van der Waals surface area contributed by atoms with E-state index in [0.29, 0.717) is 10.9 Å². The summed E-state index contributed by atoms with van der Waals surface area (Å²) in [4.78, 5) is 27.3. The highest BCUT2D eigenvalue weighted by molar-refractivity contribution is 7.90. The van der Waals surface area contributed by atoms with Crippen LogP contribution < -0.4 is 5.73 Å². The van der Waals surface area contributed by atoms with Gasteiger partial charge in [0.15, 0.2) is 20.5 Å². The number of alkyl halides is 3. The van der Waals surface area contributed by atoms with Crippen LogP contribution in [-0.4, -0.2) is 58.5 Å². The molecule has 0 radical (unpaired) electrons. The Labute approximate surface area is 215 Å². The summed E-state index contributed by atoms with van der Waals surface area (Å²) in [7, 11) is -3.63. The number of benzene rings is 1. The maximum atomic E-state index is 14.1. The van der Waals surface area contributed by atoms with Gasteiger partial charge in [0.05, 0.1) is 11.7 Å². The Morgan fingerprint density at radius 1 is 1.13 bits per heavy atom. The number of primary amides is 1. The smallest absolute Gasteiger partial charge is 0.417 e. The Hall–Kier alpha value is -3.52. The van der Waals surface area contributed by atoms with E-state index in [0.717, 1.165) is 25.3 Å². The van der Waals surface area contributed by atoms with Gasteiger partial charge in [-0.1, -0.05) is 19.9 Å². The number of amides is 1. The lowest BCUT2D eigenvalue weighted by Crippen LogP contribution is -2.51. The number of carboxylic acids is 1. The SMILES string of the molecule is CC(=O)O.CC(C)(C[C@@](O)(Cc1cc2cc(S(C)(=O)=O)ncc2[nH]1)C(F)(F)F)c1ccc(F)cc1C(N)=O. The van der Waals surface area contributed by atoms with Gasteiger partial charge in [0, 0.05) is 36.2 Å². The second-order valence-corrected chi connectivity index (χ2v) is 11.5. The largest absolute Gasteiger partial charge is 0.481 e. The van der Waals surface area contributed by atoms with Crippen molar-refractivity contribution < 1.29 is 45.8 Å². The molecule has 0 bridgehead atoms. The fourth-order valence-corrected chi connectivity index (χ4v) is 4.67. The van der Waals surface area contributed by atoms with Crippen LogP contribution in [0.25, 0.3) is 10.9 Å². The second-order valence-electron chi connectivity index (χ2n) is 9.52. The van der Waals surface area contributed by atoms with Crippen molar-refractivity contribution in [3.63, 3.8) is 0 Å². The van der Waals surface area contributed by atoms with E-state index in [1.165, 1.54) is 38.2 Å². The van der Waals surface area contributed by atoms with Crippen LogP contribution in [0.1, 0.15) is 48.8 Å². The van der Waals surface area contributed by atoms with E-state index in [9.17, 15) is 35.9 Å². The van der Waals surface area contributed by atoms with Crippen LogP contribution in [0.15, 0.2) is 41.6 Å². The van der Waals surface area contributed by atoms with Crippen LogP contribution in [0.4, 0.5) is 17.6 Å². The van der Waals surface area contributed by atoms with Gasteiger partial charge >= 0.3 is 6.18 Å². The number of nitrogens with zero attached hydrogens (tertiary/aromatic N) is 1. The molecule has 0 saturated heterocycles. The van der Waals surface area contributed by atoms with E-state index in [1.54, 1.807) is 0 Å². The number of carboxylic acid groups (broad SMARTS) is 1. The normalized spacial score (nSPS) is 13.9. The Bertz CT molecular complexity index is 1460. The van der Waals surface area contributed by atoms with Crippen LogP contribution in [0, 0.1) is 5.82 Å². The number of H-pyrrole nitrogens is 1. The molecule has 0 aliphatic heterocycles. The monoisotopic (exact) mass is 561 g/mol. The lowest BCUT2D eigenvalue weighted by atomic mass is 9.72. The third-order valence-electron chi connectivity index (χ3n) is 5.64. The van der Waals surface area contributed by atoms with Crippen LogP contribution in [0.3, 0.4) is 0 Å². The highest BCUT2D eigenvalue weighted by Gasteiger charge is 2.56. The third kappa shape index (κ3) is 7.28. The fraction of sp³-hybridized carbons (Fsp3) is 0.375. The van der Waals surface area contributed by atoms with Crippen molar-refractivity contribution in [3.05, 3.63) is 59.2 Å². The number of halogens is 4. The zero-order chi connectivity index (χ0) is 29.3. The van der Waals surface area contributed by atoms with Gasteiger partial charge in [-0.05, 0) is 41.7 Å². The predicted octanol–water partition coefficient (Wildman–Crippen LogP) is 3.50. The maximum Gasteiger partial charge on any atom is 0.417 e. The number of aliphatic carboxylic acids is 1. The van der Waals surface area contributed by atoms with E-state index in [4.69, 9.17) is 15.6 Å². The number of nitrogens with one attached hydrogen (secondary N) is 1. The summed E-state index contributed by atoms with van der Waals surface area (Å²) in [6.07, 6.45) is -4.71. The molecule has 2 heterocycles. The molecule has 1 amide bonds. The highest BCUT2D eigenvalue weighted by Crippen LogP contribution is 2.44. The standard InChI is InChI=1S/C22H23F4N3O4S.C2H4O2/c1-20(2,16-5-4-13(23)8-15(16)19(27)30)11-21(31,22(24,25)26)9-14-6-12-7-18(34(3,32)33)28-10-17(12)29-14;1-2(3)4/h4-8,10,29,31H,9,11H2,1-3H3,(H2,27,30);1H3,(H,3,4)/t21-;/m0./s1. The first-order valence-electron chi connectivity index (χ1n) is 10.9. The molecule has 0 aliphatic rings. The van der Waals surface area contributed by atoms with Gasteiger partial charge < -0.3 is 20.9 Å². The summed E-state index contributed by atoms with van der Waals surface area (Å²) in [6, 6.07) is 5.55. The zero-order valence-electron chi connectivity index (χ0n) is 20.9. The van der Waals surface area contributed by atoms with Crippen LogP contribution in [0.5, 0.6) is 0 Å². The molecule has 1 aromatic carbocycles. The van der Waals surface area contributed by atoms with Gasteiger partial charge in [0.25, 0.3) is 5.97 Å². The van der Waals surface area contributed by atoms with Gasteiger partial charge in [-0.15, -0.1) is 0 Å². The number of carbonyl (C=O) groups is 2. The molecule has 3 rings (SSSR count). The minimum absolute atomic E-state index is 0.00712. The van der Waals surface area contributed by atoms with Gasteiger partial charge in [0.2, 0.25) is 5.91 Å². The van der Waals surface area contributed by atoms with Crippen LogP contribution in [0.2, 0.25) is 0 Å². The van der Waals surface area contributed by atoms with E-state index in [1.807, 2.05) is 0 Å². The first kappa shape index (κ1) is 30.7. The number of aromatic nitrogens is 2. The minimum Gasteiger partial charge on any atom is -0.481 e. The van der Waals surface area contributed by atoms with Crippen molar-refractivity contribution in [2.24, 2.45) is 5.73 Å². The van der Waals surface area contributed by atoms with Crippen molar-refractivity contribution in [2.45, 2.75) is 55.8 Å². The fourth-order valence-electron chi connectivity index (χ4n) is 4.08.